The highest BCUT2D eigenvalue weighted by molar-refractivity contribution is 5.62. The van der Waals surface area contributed by atoms with Crippen LogP contribution in [0, 0.1) is 0 Å². The lowest BCUT2D eigenvalue weighted by atomic mass is 9.79. The Balaban J connectivity index is 3.89. The van der Waals surface area contributed by atoms with Crippen molar-refractivity contribution in [3.8, 4) is 11.5 Å². The maximum Gasteiger partial charge on any atom is 0.123 e. The van der Waals surface area contributed by atoms with E-state index in [1.165, 1.54) is 0 Å². The number of rotatable bonds is 4. The number of phenolic OH excluding ortho intramolecular Hbond substituents is 2. The summed E-state index contributed by atoms with van der Waals surface area (Å²) in [5.41, 5.74) is 3.63. The molecular weight excluding hydrogens is 248 g/mol. The highest BCUT2D eigenvalue weighted by Gasteiger charge is 2.28. The molecule has 1 rings (SSSR count). The van der Waals surface area contributed by atoms with E-state index < -0.39 is 0 Å². The molecular formula is C18H30O2. The number of benzene rings is 1. The summed E-state index contributed by atoms with van der Waals surface area (Å²) in [6, 6.07) is 0. The van der Waals surface area contributed by atoms with Gasteiger partial charge in [0, 0.05) is 22.3 Å². The molecule has 0 spiro atoms. The quantitative estimate of drug-likeness (QED) is 0.705. The third kappa shape index (κ3) is 2.79. The first-order valence-corrected chi connectivity index (χ1v) is 7.72. The van der Waals surface area contributed by atoms with Crippen LogP contribution in [0.5, 0.6) is 11.5 Å². The molecule has 20 heavy (non-hydrogen) atoms. The van der Waals surface area contributed by atoms with Gasteiger partial charge in [0.05, 0.1) is 0 Å². The van der Waals surface area contributed by atoms with Gasteiger partial charge >= 0.3 is 0 Å². The summed E-state index contributed by atoms with van der Waals surface area (Å²) in [5.74, 6) is 1.54. The van der Waals surface area contributed by atoms with Crippen molar-refractivity contribution in [3.63, 3.8) is 0 Å². The van der Waals surface area contributed by atoms with E-state index in [1.807, 2.05) is 0 Å². The molecule has 0 atom stereocenters. The van der Waals surface area contributed by atoms with Crippen LogP contribution < -0.4 is 0 Å². The molecule has 0 radical (unpaired) electrons. The van der Waals surface area contributed by atoms with E-state index in [1.54, 1.807) is 0 Å². The second-order valence-corrected chi connectivity index (χ2v) is 6.97. The fourth-order valence-electron chi connectivity index (χ4n) is 3.14. The van der Waals surface area contributed by atoms with Gasteiger partial charge in [0.2, 0.25) is 0 Å². The van der Waals surface area contributed by atoms with E-state index in [0.717, 1.165) is 22.3 Å². The molecule has 114 valence electrons. The van der Waals surface area contributed by atoms with Crippen LogP contribution in [0.25, 0.3) is 0 Å². The van der Waals surface area contributed by atoms with Gasteiger partial charge in [0.25, 0.3) is 0 Å². The second kappa shape index (κ2) is 6.07. The maximum atomic E-state index is 10.8. The fraction of sp³-hybridized carbons (Fsp3) is 0.667. The van der Waals surface area contributed by atoms with Crippen molar-refractivity contribution >= 4 is 0 Å². The third-order valence-electron chi connectivity index (χ3n) is 3.91. The zero-order chi connectivity index (χ0) is 15.8. The van der Waals surface area contributed by atoms with Crippen LogP contribution in [-0.4, -0.2) is 10.2 Å². The van der Waals surface area contributed by atoms with Crippen LogP contribution in [0.15, 0.2) is 0 Å². The molecule has 2 heteroatoms. The first-order chi connectivity index (χ1) is 9.11. The van der Waals surface area contributed by atoms with Crippen molar-refractivity contribution in [1.29, 1.82) is 0 Å². The maximum absolute atomic E-state index is 10.8. The standard InChI is InChI=1S/C18H30O2/c1-9(2)13-14(10(3)4)18(20)16(12(7)8)15(11(5)6)17(13)19/h9-12,19-20H,1-8H3. The zero-order valence-corrected chi connectivity index (χ0v) is 14.2. The van der Waals surface area contributed by atoms with Gasteiger partial charge in [-0.15, -0.1) is 0 Å². The average molecular weight is 278 g/mol. The lowest BCUT2D eigenvalue weighted by molar-refractivity contribution is 0.424. The van der Waals surface area contributed by atoms with E-state index in [4.69, 9.17) is 0 Å². The van der Waals surface area contributed by atoms with Crippen LogP contribution in [0.4, 0.5) is 0 Å². The first-order valence-electron chi connectivity index (χ1n) is 7.72. The molecule has 0 bridgehead atoms. The normalized spacial score (nSPS) is 12.2. The number of aromatic hydroxyl groups is 2. The molecule has 0 aromatic heterocycles. The van der Waals surface area contributed by atoms with E-state index in [9.17, 15) is 10.2 Å². The Morgan fingerprint density at radius 3 is 0.700 bits per heavy atom. The molecule has 0 unspecified atom stereocenters. The van der Waals surface area contributed by atoms with Gasteiger partial charge < -0.3 is 10.2 Å². The lowest BCUT2D eigenvalue weighted by Crippen LogP contribution is -2.09. The number of hydrogen-bond donors (Lipinski definition) is 2. The Morgan fingerprint density at radius 2 is 0.600 bits per heavy atom. The fourth-order valence-corrected chi connectivity index (χ4v) is 3.14. The first kappa shape index (κ1) is 16.9. The van der Waals surface area contributed by atoms with Gasteiger partial charge in [0.15, 0.2) is 0 Å². The van der Waals surface area contributed by atoms with Crippen molar-refractivity contribution in [3.05, 3.63) is 22.3 Å². The van der Waals surface area contributed by atoms with Crippen molar-refractivity contribution in [2.24, 2.45) is 0 Å². The number of hydrogen-bond acceptors (Lipinski definition) is 2. The van der Waals surface area contributed by atoms with Gasteiger partial charge in [0.1, 0.15) is 11.5 Å². The van der Waals surface area contributed by atoms with Crippen molar-refractivity contribution in [2.45, 2.75) is 79.1 Å². The van der Waals surface area contributed by atoms with Crippen LogP contribution >= 0.6 is 0 Å². The molecule has 2 nitrogen and oxygen atoms in total. The molecule has 1 aromatic carbocycles. The van der Waals surface area contributed by atoms with Crippen LogP contribution in [0.3, 0.4) is 0 Å². The summed E-state index contributed by atoms with van der Waals surface area (Å²) in [7, 11) is 0. The van der Waals surface area contributed by atoms with Gasteiger partial charge in [-0.3, -0.25) is 0 Å². The largest absolute Gasteiger partial charge is 0.507 e. The average Bonchev–Trinajstić information content (AvgIpc) is 2.28. The predicted molar refractivity (Wildman–Crippen MR) is 86.1 cm³/mol. The Kier molecular flexibility index (Phi) is 5.12. The molecule has 0 aliphatic carbocycles. The van der Waals surface area contributed by atoms with Crippen LogP contribution in [0.2, 0.25) is 0 Å². The molecule has 0 heterocycles. The summed E-state index contributed by atoms with van der Waals surface area (Å²) >= 11 is 0. The molecule has 0 aliphatic heterocycles. The minimum absolute atomic E-state index is 0.192. The Morgan fingerprint density at radius 1 is 0.450 bits per heavy atom. The predicted octanol–water partition coefficient (Wildman–Crippen LogP) is 5.59. The lowest BCUT2D eigenvalue weighted by Gasteiger charge is -2.28. The SMILES string of the molecule is CC(C)c1c(O)c(C(C)C)c(C(C)C)c(O)c1C(C)C. The molecule has 0 aliphatic rings. The van der Waals surface area contributed by atoms with E-state index >= 15 is 0 Å². The Bertz CT molecular complexity index is 397. The van der Waals surface area contributed by atoms with Crippen molar-refractivity contribution in [1.82, 2.24) is 0 Å². The summed E-state index contributed by atoms with van der Waals surface area (Å²) in [5, 5.41) is 21.6. The summed E-state index contributed by atoms with van der Waals surface area (Å²) in [6.07, 6.45) is 0. The van der Waals surface area contributed by atoms with Crippen molar-refractivity contribution in [2.75, 3.05) is 0 Å². The van der Waals surface area contributed by atoms with Gasteiger partial charge in [-0.1, -0.05) is 55.4 Å². The summed E-state index contributed by atoms with van der Waals surface area (Å²) in [6.45, 7) is 16.6. The Labute approximate surface area is 123 Å². The molecule has 0 saturated carbocycles. The van der Waals surface area contributed by atoms with E-state index in [0.29, 0.717) is 11.5 Å². The zero-order valence-electron chi connectivity index (χ0n) is 14.2. The molecule has 2 N–H and O–H groups in total. The van der Waals surface area contributed by atoms with Gasteiger partial charge in [-0.25, -0.2) is 0 Å². The summed E-state index contributed by atoms with van der Waals surface area (Å²) < 4.78 is 0. The molecule has 1 aromatic rings. The Hall–Kier alpha value is -1.18. The smallest absolute Gasteiger partial charge is 0.123 e. The van der Waals surface area contributed by atoms with Crippen LogP contribution in [0.1, 0.15) is 101 Å². The van der Waals surface area contributed by atoms with E-state index in [2.05, 4.69) is 55.4 Å². The topological polar surface area (TPSA) is 40.5 Å². The molecule has 0 saturated heterocycles. The van der Waals surface area contributed by atoms with E-state index in [-0.39, 0.29) is 23.7 Å². The summed E-state index contributed by atoms with van der Waals surface area (Å²) in [4.78, 5) is 0. The van der Waals surface area contributed by atoms with Crippen LogP contribution in [-0.2, 0) is 0 Å². The highest BCUT2D eigenvalue weighted by Crippen LogP contribution is 2.48. The highest BCUT2D eigenvalue weighted by atomic mass is 16.3. The van der Waals surface area contributed by atoms with Crippen molar-refractivity contribution < 1.29 is 10.2 Å². The minimum Gasteiger partial charge on any atom is -0.507 e. The molecule has 0 fully saturated rings. The van der Waals surface area contributed by atoms with Gasteiger partial charge in [-0.2, -0.15) is 0 Å². The monoisotopic (exact) mass is 278 g/mol. The minimum atomic E-state index is 0.192. The molecule has 0 amide bonds. The third-order valence-corrected chi connectivity index (χ3v) is 3.91. The number of phenols is 2. The van der Waals surface area contributed by atoms with Gasteiger partial charge in [-0.05, 0) is 23.7 Å². The second-order valence-electron chi connectivity index (χ2n) is 6.97.